The Balaban J connectivity index is 1.99. The molecule has 0 aromatic heterocycles. The second kappa shape index (κ2) is 14.0. The van der Waals surface area contributed by atoms with E-state index >= 15 is 0 Å². The Labute approximate surface area is 202 Å². The third kappa shape index (κ3) is 10.1. The highest BCUT2D eigenvalue weighted by Gasteiger charge is 2.28. The van der Waals surface area contributed by atoms with E-state index in [1.807, 2.05) is 76.2 Å². The van der Waals surface area contributed by atoms with Crippen molar-refractivity contribution in [3.8, 4) is 5.75 Å². The minimum absolute atomic E-state index is 0.105. The number of rotatable bonds is 13. The van der Waals surface area contributed by atoms with Crippen LogP contribution in [0.2, 0.25) is 0 Å². The van der Waals surface area contributed by atoms with Crippen molar-refractivity contribution in [2.75, 3.05) is 6.61 Å². The van der Waals surface area contributed by atoms with Gasteiger partial charge in [-0.3, -0.25) is 9.59 Å². The van der Waals surface area contributed by atoms with E-state index in [1.165, 1.54) is 0 Å². The third-order valence-electron chi connectivity index (χ3n) is 5.06. The number of nitrogens with one attached hydrogen (secondary N) is 2. The molecular formula is C27H36N2O5. The van der Waals surface area contributed by atoms with Gasteiger partial charge in [-0.1, -0.05) is 76.2 Å². The van der Waals surface area contributed by atoms with Gasteiger partial charge in [0.05, 0.1) is 6.04 Å². The number of ketones is 1. The van der Waals surface area contributed by atoms with Crippen molar-refractivity contribution in [1.82, 2.24) is 10.6 Å². The van der Waals surface area contributed by atoms with Crippen LogP contribution in [0.1, 0.15) is 46.1 Å². The van der Waals surface area contributed by atoms with Crippen molar-refractivity contribution in [2.45, 2.75) is 59.2 Å². The lowest BCUT2D eigenvalue weighted by Crippen LogP contribution is -2.53. The summed E-state index contributed by atoms with van der Waals surface area (Å²) in [5.41, 5.74) is 0.850. The van der Waals surface area contributed by atoms with Gasteiger partial charge in [-0.25, -0.2) is 4.79 Å². The first-order chi connectivity index (χ1) is 16.2. The van der Waals surface area contributed by atoms with Crippen LogP contribution in [0.25, 0.3) is 0 Å². The molecule has 2 atom stereocenters. The minimum Gasteiger partial charge on any atom is -0.486 e. The highest BCUT2D eigenvalue weighted by atomic mass is 16.5. The van der Waals surface area contributed by atoms with Gasteiger partial charge < -0.3 is 20.1 Å². The SMILES string of the molecule is CC(C)CC(NC(=O)C(CC(C)C)NC(=O)OCc1ccccc1)C(=O)COc1ccccc1. The van der Waals surface area contributed by atoms with E-state index < -0.39 is 24.1 Å². The zero-order valence-corrected chi connectivity index (χ0v) is 20.5. The van der Waals surface area contributed by atoms with Gasteiger partial charge in [0, 0.05) is 0 Å². The predicted molar refractivity (Wildman–Crippen MR) is 131 cm³/mol. The molecule has 0 aliphatic carbocycles. The first-order valence-corrected chi connectivity index (χ1v) is 11.7. The number of hydrogen-bond acceptors (Lipinski definition) is 5. The van der Waals surface area contributed by atoms with E-state index in [-0.39, 0.29) is 30.8 Å². The molecular weight excluding hydrogens is 432 g/mol. The summed E-state index contributed by atoms with van der Waals surface area (Å²) in [6.45, 7) is 7.84. The van der Waals surface area contributed by atoms with E-state index in [9.17, 15) is 14.4 Å². The lowest BCUT2D eigenvalue weighted by atomic mass is 9.98. The highest BCUT2D eigenvalue weighted by Crippen LogP contribution is 2.12. The first-order valence-electron chi connectivity index (χ1n) is 11.7. The van der Waals surface area contributed by atoms with E-state index in [1.54, 1.807) is 12.1 Å². The zero-order valence-electron chi connectivity index (χ0n) is 20.5. The summed E-state index contributed by atoms with van der Waals surface area (Å²) >= 11 is 0. The van der Waals surface area contributed by atoms with E-state index in [4.69, 9.17) is 9.47 Å². The van der Waals surface area contributed by atoms with Gasteiger partial charge in [-0.15, -0.1) is 0 Å². The average molecular weight is 469 g/mol. The fourth-order valence-electron chi connectivity index (χ4n) is 3.40. The molecule has 2 rings (SSSR count). The summed E-state index contributed by atoms with van der Waals surface area (Å²) < 4.78 is 10.9. The number of alkyl carbamates (subject to hydrolysis) is 1. The van der Waals surface area contributed by atoms with Crippen LogP contribution < -0.4 is 15.4 Å². The summed E-state index contributed by atoms with van der Waals surface area (Å²) in [6, 6.07) is 16.8. The van der Waals surface area contributed by atoms with Crippen LogP contribution in [-0.2, 0) is 20.9 Å². The summed E-state index contributed by atoms with van der Waals surface area (Å²) in [5.74, 6) is 0.278. The summed E-state index contributed by atoms with van der Waals surface area (Å²) in [6.07, 6.45) is 0.203. The molecule has 7 heteroatoms. The van der Waals surface area contributed by atoms with Gasteiger partial charge in [-0.2, -0.15) is 0 Å². The van der Waals surface area contributed by atoms with Gasteiger partial charge in [0.1, 0.15) is 25.0 Å². The fraction of sp³-hybridized carbons (Fsp3) is 0.444. The topological polar surface area (TPSA) is 93.7 Å². The molecule has 0 spiro atoms. The molecule has 2 aromatic rings. The van der Waals surface area contributed by atoms with E-state index in [0.717, 1.165) is 5.56 Å². The van der Waals surface area contributed by atoms with E-state index in [0.29, 0.717) is 18.6 Å². The van der Waals surface area contributed by atoms with Gasteiger partial charge >= 0.3 is 6.09 Å². The quantitative estimate of drug-likeness (QED) is 0.451. The Morgan fingerprint density at radius 3 is 1.91 bits per heavy atom. The van der Waals surface area contributed by atoms with Crippen molar-refractivity contribution >= 4 is 17.8 Å². The average Bonchev–Trinajstić information content (AvgIpc) is 2.81. The van der Waals surface area contributed by atoms with Crippen LogP contribution in [0, 0.1) is 11.8 Å². The van der Waals surface area contributed by atoms with Crippen LogP contribution in [0.3, 0.4) is 0 Å². The van der Waals surface area contributed by atoms with Crippen molar-refractivity contribution in [1.29, 1.82) is 0 Å². The molecule has 34 heavy (non-hydrogen) atoms. The van der Waals surface area contributed by atoms with Gasteiger partial charge in [0.25, 0.3) is 0 Å². The van der Waals surface area contributed by atoms with Crippen LogP contribution in [0.5, 0.6) is 5.75 Å². The largest absolute Gasteiger partial charge is 0.486 e. The molecule has 0 bridgehead atoms. The number of Topliss-reactive ketones (excluding diaryl/α,β-unsaturated/α-hetero) is 1. The third-order valence-corrected chi connectivity index (χ3v) is 5.06. The number of carbonyl (C=O) groups is 3. The Kier molecular flexibility index (Phi) is 11.1. The number of amides is 2. The number of hydrogen-bond donors (Lipinski definition) is 2. The van der Waals surface area contributed by atoms with Crippen LogP contribution in [-0.4, -0.2) is 36.5 Å². The van der Waals surface area contributed by atoms with Crippen molar-refractivity contribution in [3.63, 3.8) is 0 Å². The molecule has 0 heterocycles. The van der Waals surface area contributed by atoms with Gasteiger partial charge in [0.15, 0.2) is 5.78 Å². The zero-order chi connectivity index (χ0) is 24.9. The van der Waals surface area contributed by atoms with Crippen molar-refractivity contribution in [2.24, 2.45) is 11.8 Å². The molecule has 0 fully saturated rings. The Morgan fingerprint density at radius 1 is 0.765 bits per heavy atom. The number of para-hydroxylation sites is 1. The number of ether oxygens (including phenoxy) is 2. The molecule has 2 amide bonds. The summed E-state index contributed by atoms with van der Waals surface area (Å²) in [4.78, 5) is 38.3. The lowest BCUT2D eigenvalue weighted by Gasteiger charge is -2.24. The smallest absolute Gasteiger partial charge is 0.408 e. The Morgan fingerprint density at radius 2 is 1.32 bits per heavy atom. The van der Waals surface area contributed by atoms with Crippen molar-refractivity contribution in [3.05, 3.63) is 66.2 Å². The molecule has 2 aromatic carbocycles. The molecule has 0 radical (unpaired) electrons. The molecule has 7 nitrogen and oxygen atoms in total. The minimum atomic E-state index is -0.819. The lowest BCUT2D eigenvalue weighted by molar-refractivity contribution is -0.130. The maximum Gasteiger partial charge on any atom is 0.408 e. The second-order valence-electron chi connectivity index (χ2n) is 9.15. The molecule has 0 aliphatic rings. The maximum absolute atomic E-state index is 13.1. The summed E-state index contributed by atoms with van der Waals surface area (Å²) in [7, 11) is 0. The normalized spacial score (nSPS) is 12.6. The van der Waals surface area contributed by atoms with Gasteiger partial charge in [-0.05, 0) is 42.4 Å². The Hall–Kier alpha value is -3.35. The van der Waals surface area contributed by atoms with Crippen LogP contribution in [0.15, 0.2) is 60.7 Å². The number of benzene rings is 2. The standard InChI is InChI=1S/C27H36N2O5/c1-19(2)15-23(25(30)18-33-22-13-9-6-10-14-22)28-26(31)24(16-20(3)4)29-27(32)34-17-21-11-7-5-8-12-21/h5-14,19-20,23-24H,15-18H2,1-4H3,(H,28,31)(H,29,32). The molecule has 184 valence electrons. The molecule has 0 aliphatic heterocycles. The van der Waals surface area contributed by atoms with Crippen LogP contribution in [0.4, 0.5) is 4.79 Å². The molecule has 2 N–H and O–H groups in total. The summed E-state index contributed by atoms with van der Waals surface area (Å²) in [5, 5.41) is 5.49. The first kappa shape index (κ1) is 26.9. The Bertz CT molecular complexity index is 900. The second-order valence-corrected chi connectivity index (χ2v) is 9.15. The van der Waals surface area contributed by atoms with E-state index in [2.05, 4.69) is 10.6 Å². The maximum atomic E-state index is 13.1. The highest BCUT2D eigenvalue weighted by molar-refractivity contribution is 5.92. The van der Waals surface area contributed by atoms with Crippen molar-refractivity contribution < 1.29 is 23.9 Å². The molecule has 2 unspecified atom stereocenters. The monoisotopic (exact) mass is 468 g/mol. The molecule has 0 saturated carbocycles. The van der Waals surface area contributed by atoms with Gasteiger partial charge in [0.2, 0.25) is 5.91 Å². The molecule has 0 saturated heterocycles. The number of carbonyl (C=O) groups excluding carboxylic acids is 3. The predicted octanol–water partition coefficient (Wildman–Crippen LogP) is 4.51. The van der Waals surface area contributed by atoms with Crippen LogP contribution >= 0.6 is 0 Å². The fourth-order valence-corrected chi connectivity index (χ4v) is 3.40.